The van der Waals surface area contributed by atoms with E-state index in [2.05, 4.69) is 36.1 Å². The molecule has 78 valence electrons. The van der Waals surface area contributed by atoms with E-state index in [0.717, 1.165) is 25.9 Å². The van der Waals surface area contributed by atoms with E-state index in [0.29, 0.717) is 6.42 Å². The maximum atomic E-state index is 8.62. The second-order valence-electron chi connectivity index (χ2n) is 3.92. The smallest absolute Gasteiger partial charge is 0.0640 e. The molecule has 1 aromatic carbocycles. The lowest BCUT2D eigenvalue weighted by Crippen LogP contribution is -2.22. The third kappa shape index (κ3) is 1.83. The molecule has 0 radical (unpaired) electrons. The topological polar surface area (TPSA) is 27.0 Å². The molecule has 2 heteroatoms. The van der Waals surface area contributed by atoms with Crippen molar-refractivity contribution in [1.82, 2.24) is 0 Å². The monoisotopic (exact) mass is 200 g/mol. The van der Waals surface area contributed by atoms with E-state index in [9.17, 15) is 0 Å². The van der Waals surface area contributed by atoms with Gasteiger partial charge in [0, 0.05) is 18.8 Å². The van der Waals surface area contributed by atoms with Crippen molar-refractivity contribution >= 4 is 5.69 Å². The lowest BCUT2D eigenvalue weighted by molar-refractivity contribution is 0.827. The van der Waals surface area contributed by atoms with Crippen molar-refractivity contribution in [3.63, 3.8) is 0 Å². The van der Waals surface area contributed by atoms with Gasteiger partial charge in [0.15, 0.2) is 0 Å². The van der Waals surface area contributed by atoms with E-state index in [1.54, 1.807) is 0 Å². The Bertz CT molecular complexity index is 390. The van der Waals surface area contributed by atoms with Gasteiger partial charge in [0.1, 0.15) is 0 Å². The van der Waals surface area contributed by atoms with E-state index >= 15 is 0 Å². The molecule has 1 heterocycles. The molecule has 1 aromatic rings. The summed E-state index contributed by atoms with van der Waals surface area (Å²) < 4.78 is 0. The zero-order valence-corrected chi connectivity index (χ0v) is 9.16. The normalized spacial score (nSPS) is 13.7. The van der Waals surface area contributed by atoms with Crippen LogP contribution in [0.3, 0.4) is 0 Å². The minimum Gasteiger partial charge on any atom is -0.370 e. The highest BCUT2D eigenvalue weighted by Gasteiger charge is 2.20. The molecule has 0 saturated carbocycles. The van der Waals surface area contributed by atoms with Crippen LogP contribution >= 0.6 is 0 Å². The first kappa shape index (κ1) is 10.0. The first-order chi connectivity index (χ1) is 7.36. The Balaban J connectivity index is 2.27. The van der Waals surface area contributed by atoms with Crippen molar-refractivity contribution in [2.75, 3.05) is 18.0 Å². The van der Waals surface area contributed by atoms with Crippen molar-refractivity contribution in [2.45, 2.75) is 26.2 Å². The molecule has 15 heavy (non-hydrogen) atoms. The standard InChI is InChI=1S/C13H16N2/c1-2-11-5-3-6-12-7-10-15(13(11)12)9-4-8-14/h3,5-6H,2,4,7,9-10H2,1H3. The molecule has 0 aliphatic carbocycles. The van der Waals surface area contributed by atoms with Crippen LogP contribution < -0.4 is 4.90 Å². The van der Waals surface area contributed by atoms with Gasteiger partial charge in [-0.2, -0.15) is 5.26 Å². The third-order valence-electron chi connectivity index (χ3n) is 3.04. The van der Waals surface area contributed by atoms with Gasteiger partial charge in [-0.25, -0.2) is 0 Å². The summed E-state index contributed by atoms with van der Waals surface area (Å²) in [4.78, 5) is 2.36. The summed E-state index contributed by atoms with van der Waals surface area (Å²) in [5, 5.41) is 8.62. The zero-order valence-electron chi connectivity index (χ0n) is 9.16. The molecule has 0 atom stereocenters. The highest BCUT2D eigenvalue weighted by molar-refractivity contribution is 5.63. The number of hydrogen-bond acceptors (Lipinski definition) is 2. The maximum Gasteiger partial charge on any atom is 0.0640 e. The fraction of sp³-hybridized carbons (Fsp3) is 0.462. The Kier molecular flexibility index (Phi) is 2.91. The average molecular weight is 200 g/mol. The van der Waals surface area contributed by atoms with E-state index in [-0.39, 0.29) is 0 Å². The minimum atomic E-state index is 0.623. The number of nitriles is 1. The summed E-state index contributed by atoms with van der Waals surface area (Å²) in [5.41, 5.74) is 4.27. The average Bonchev–Trinajstić information content (AvgIpc) is 2.69. The number of rotatable bonds is 3. The van der Waals surface area contributed by atoms with Gasteiger partial charge in [0.05, 0.1) is 12.5 Å². The predicted octanol–water partition coefficient (Wildman–Crippen LogP) is 2.53. The van der Waals surface area contributed by atoms with Crippen molar-refractivity contribution in [1.29, 1.82) is 5.26 Å². The summed E-state index contributed by atoms with van der Waals surface area (Å²) in [5.74, 6) is 0. The SMILES string of the molecule is CCc1cccc2c1N(CCC#N)CC2. The zero-order chi connectivity index (χ0) is 10.7. The molecule has 0 N–H and O–H groups in total. The van der Waals surface area contributed by atoms with Gasteiger partial charge in [-0.15, -0.1) is 0 Å². The number of anilines is 1. The van der Waals surface area contributed by atoms with Gasteiger partial charge < -0.3 is 4.90 Å². The summed E-state index contributed by atoms with van der Waals surface area (Å²) in [6.07, 6.45) is 2.83. The van der Waals surface area contributed by atoms with Crippen LogP contribution in [-0.2, 0) is 12.8 Å². The second kappa shape index (κ2) is 4.35. The molecule has 0 spiro atoms. The fourth-order valence-corrected chi connectivity index (χ4v) is 2.31. The molecule has 0 bridgehead atoms. The van der Waals surface area contributed by atoms with Crippen molar-refractivity contribution in [3.8, 4) is 6.07 Å². The lowest BCUT2D eigenvalue weighted by Gasteiger charge is -2.20. The molecule has 0 saturated heterocycles. The van der Waals surface area contributed by atoms with Crippen molar-refractivity contribution in [3.05, 3.63) is 29.3 Å². The van der Waals surface area contributed by atoms with Gasteiger partial charge in [-0.05, 0) is 24.0 Å². The van der Waals surface area contributed by atoms with Crippen LogP contribution in [0.5, 0.6) is 0 Å². The Morgan fingerprint density at radius 1 is 1.47 bits per heavy atom. The predicted molar refractivity (Wildman–Crippen MR) is 62.0 cm³/mol. The molecule has 0 fully saturated rings. The number of nitrogens with zero attached hydrogens (tertiary/aromatic N) is 2. The number of aryl methyl sites for hydroxylation is 1. The molecule has 2 rings (SSSR count). The van der Waals surface area contributed by atoms with Crippen LogP contribution in [0.25, 0.3) is 0 Å². The highest BCUT2D eigenvalue weighted by Crippen LogP contribution is 2.31. The molecule has 0 aromatic heterocycles. The van der Waals surface area contributed by atoms with Crippen LogP contribution in [-0.4, -0.2) is 13.1 Å². The van der Waals surface area contributed by atoms with Crippen molar-refractivity contribution < 1.29 is 0 Å². The number of para-hydroxylation sites is 1. The summed E-state index contributed by atoms with van der Waals surface area (Å²) in [7, 11) is 0. The lowest BCUT2D eigenvalue weighted by atomic mass is 10.1. The van der Waals surface area contributed by atoms with Gasteiger partial charge in [-0.3, -0.25) is 0 Å². The van der Waals surface area contributed by atoms with E-state index in [4.69, 9.17) is 5.26 Å². The minimum absolute atomic E-state index is 0.623. The first-order valence-electron chi connectivity index (χ1n) is 5.59. The van der Waals surface area contributed by atoms with E-state index < -0.39 is 0 Å². The molecular formula is C13H16N2. The van der Waals surface area contributed by atoms with Crippen molar-refractivity contribution in [2.24, 2.45) is 0 Å². The van der Waals surface area contributed by atoms with Gasteiger partial charge in [0.25, 0.3) is 0 Å². The number of benzene rings is 1. The summed E-state index contributed by atoms with van der Waals surface area (Å²) >= 11 is 0. The molecular weight excluding hydrogens is 184 g/mol. The van der Waals surface area contributed by atoms with Crippen LogP contribution in [0, 0.1) is 11.3 Å². The molecule has 0 unspecified atom stereocenters. The van der Waals surface area contributed by atoms with Gasteiger partial charge in [-0.1, -0.05) is 25.1 Å². The van der Waals surface area contributed by atoms with Crippen LogP contribution in [0.15, 0.2) is 18.2 Å². The maximum absolute atomic E-state index is 8.62. The first-order valence-corrected chi connectivity index (χ1v) is 5.59. The second-order valence-corrected chi connectivity index (χ2v) is 3.92. The quantitative estimate of drug-likeness (QED) is 0.749. The van der Waals surface area contributed by atoms with Crippen LogP contribution in [0.1, 0.15) is 24.5 Å². The van der Waals surface area contributed by atoms with Crippen LogP contribution in [0.2, 0.25) is 0 Å². The fourth-order valence-electron chi connectivity index (χ4n) is 2.31. The largest absolute Gasteiger partial charge is 0.370 e. The molecule has 0 amide bonds. The Labute approximate surface area is 91.1 Å². The van der Waals surface area contributed by atoms with E-state index in [1.807, 2.05) is 0 Å². The summed E-state index contributed by atoms with van der Waals surface area (Å²) in [6.45, 7) is 4.14. The third-order valence-corrected chi connectivity index (χ3v) is 3.04. The Morgan fingerprint density at radius 2 is 2.33 bits per heavy atom. The van der Waals surface area contributed by atoms with Gasteiger partial charge in [0.2, 0.25) is 0 Å². The Hall–Kier alpha value is -1.49. The number of fused-ring (bicyclic) bond motifs is 1. The van der Waals surface area contributed by atoms with Crippen LogP contribution in [0.4, 0.5) is 5.69 Å². The Morgan fingerprint density at radius 3 is 3.07 bits per heavy atom. The van der Waals surface area contributed by atoms with Gasteiger partial charge >= 0.3 is 0 Å². The molecule has 2 nitrogen and oxygen atoms in total. The van der Waals surface area contributed by atoms with E-state index in [1.165, 1.54) is 16.8 Å². The molecule has 1 aliphatic heterocycles. The number of hydrogen-bond donors (Lipinski definition) is 0. The highest BCUT2D eigenvalue weighted by atomic mass is 15.1. The molecule has 1 aliphatic rings. The summed E-state index contributed by atoms with van der Waals surface area (Å²) in [6, 6.07) is 8.77.